The number of hydrogen-bond donors (Lipinski definition) is 2. The maximum atomic E-state index is 13.7. The molecule has 1 saturated carbocycles. The first kappa shape index (κ1) is 26.8. The van der Waals surface area contributed by atoms with Crippen LogP contribution in [0, 0.1) is 5.82 Å². The zero-order valence-corrected chi connectivity index (χ0v) is 22.2. The topological polar surface area (TPSA) is 147 Å². The molecule has 0 unspecified atom stereocenters. The lowest BCUT2D eigenvalue weighted by atomic mass is 9.82. The molecule has 2 amide bonds. The van der Waals surface area contributed by atoms with Crippen LogP contribution in [0.1, 0.15) is 41.4 Å². The van der Waals surface area contributed by atoms with E-state index in [2.05, 4.69) is 4.98 Å². The molecule has 2 fully saturated rings. The fourth-order valence-electron chi connectivity index (χ4n) is 4.79. The van der Waals surface area contributed by atoms with Gasteiger partial charge in [-0.3, -0.25) is 4.79 Å². The molecule has 0 atom stereocenters. The normalized spacial score (nSPS) is 16.4. The van der Waals surface area contributed by atoms with Gasteiger partial charge < -0.3 is 19.6 Å². The van der Waals surface area contributed by atoms with E-state index in [9.17, 15) is 27.5 Å². The second-order valence-corrected chi connectivity index (χ2v) is 11.5. The average molecular weight is 561 g/mol. The van der Waals surface area contributed by atoms with Crippen molar-refractivity contribution in [1.82, 2.24) is 24.4 Å². The average Bonchev–Trinajstić information content (AvgIpc) is 3.25. The Balaban J connectivity index is 1.65. The Morgan fingerprint density at radius 2 is 1.85 bits per heavy atom. The summed E-state index contributed by atoms with van der Waals surface area (Å²) in [4.78, 5) is 32.5. The predicted molar refractivity (Wildman–Crippen MR) is 140 cm³/mol. The minimum Gasteiger partial charge on any atom is -0.465 e. The Morgan fingerprint density at radius 1 is 1.15 bits per heavy atom. The van der Waals surface area contributed by atoms with Gasteiger partial charge in [-0.05, 0) is 43.2 Å². The molecule has 208 valence electrons. The van der Waals surface area contributed by atoms with Gasteiger partial charge in [-0.2, -0.15) is 5.10 Å². The van der Waals surface area contributed by atoms with Crippen molar-refractivity contribution in [2.24, 2.45) is 0 Å². The number of benzene rings is 1. The van der Waals surface area contributed by atoms with Crippen LogP contribution in [0.2, 0.25) is 0 Å². The number of hydrogen-bond acceptors (Lipinski definition) is 8. The molecule has 3 aromatic rings. The number of ether oxygens (including phenoxy) is 1. The third-order valence-electron chi connectivity index (χ3n) is 7.14. The summed E-state index contributed by atoms with van der Waals surface area (Å²) in [5, 5.41) is 15.0. The Labute approximate surface area is 224 Å². The molecule has 0 spiro atoms. The van der Waals surface area contributed by atoms with E-state index in [1.54, 1.807) is 22.9 Å². The van der Waals surface area contributed by atoms with Crippen LogP contribution < -0.4 is 9.62 Å². The maximum absolute atomic E-state index is 13.7. The lowest BCUT2D eigenvalue weighted by molar-refractivity contribution is 0.0976. The number of fused-ring (bicyclic) bond motifs is 1. The summed E-state index contributed by atoms with van der Waals surface area (Å²) in [5.74, 6) is -1.55. The highest BCUT2D eigenvalue weighted by Crippen LogP contribution is 2.42. The third-order valence-corrected chi connectivity index (χ3v) is 8.34. The second-order valence-electron chi connectivity index (χ2n) is 9.63. The van der Waals surface area contributed by atoms with Crippen LogP contribution in [-0.2, 0) is 14.8 Å². The number of nitrogens with zero attached hydrogens (tertiary/aromatic N) is 5. The number of carbonyl (C=O) groups is 2. The van der Waals surface area contributed by atoms with Gasteiger partial charge in [-0.15, -0.1) is 0 Å². The molecule has 2 aromatic heterocycles. The van der Waals surface area contributed by atoms with Crippen LogP contribution >= 0.6 is 0 Å². The van der Waals surface area contributed by atoms with Gasteiger partial charge in [0, 0.05) is 39.2 Å². The van der Waals surface area contributed by atoms with Crippen molar-refractivity contribution in [3.63, 3.8) is 0 Å². The molecule has 0 radical (unpaired) electrons. The molecule has 12 nitrogen and oxygen atoms in total. The molecule has 0 bridgehead atoms. The first-order valence-electron chi connectivity index (χ1n) is 12.6. The first-order chi connectivity index (χ1) is 18.7. The largest absolute Gasteiger partial charge is 0.465 e. The molecule has 2 aliphatic rings. The van der Waals surface area contributed by atoms with Crippen molar-refractivity contribution < 1.29 is 32.2 Å². The van der Waals surface area contributed by atoms with Crippen molar-refractivity contribution in [2.45, 2.75) is 25.2 Å². The van der Waals surface area contributed by atoms with Gasteiger partial charge >= 0.3 is 6.09 Å². The number of piperazine rings is 1. The SMILES string of the molecule is COCCS(=O)(=O)NC(=O)c1cc(N2CCN(C(=O)O)CC2)c2c(C3CCC3)nn(-c3ccc(F)cc3)c2n1. The number of aromatic nitrogens is 3. The minimum atomic E-state index is -3.98. The number of amides is 2. The van der Waals surface area contributed by atoms with Crippen molar-refractivity contribution in [3.8, 4) is 5.69 Å². The number of rotatable bonds is 8. The lowest BCUT2D eigenvalue weighted by Crippen LogP contribution is -2.48. The lowest BCUT2D eigenvalue weighted by Gasteiger charge is -2.35. The Kier molecular flexibility index (Phi) is 7.40. The number of methoxy groups -OCH3 is 1. The number of sulfonamides is 1. The van der Waals surface area contributed by atoms with Crippen molar-refractivity contribution in [3.05, 3.63) is 47.5 Å². The summed E-state index contributed by atoms with van der Waals surface area (Å²) < 4.78 is 47.0. The summed E-state index contributed by atoms with van der Waals surface area (Å²) in [6.07, 6.45) is 1.91. The summed E-state index contributed by atoms with van der Waals surface area (Å²) >= 11 is 0. The van der Waals surface area contributed by atoms with Crippen molar-refractivity contribution in [1.29, 1.82) is 0 Å². The highest BCUT2D eigenvalue weighted by Gasteiger charge is 2.32. The molecule has 5 rings (SSSR count). The number of nitrogens with one attached hydrogen (secondary N) is 1. The van der Waals surface area contributed by atoms with E-state index < -0.39 is 33.6 Å². The van der Waals surface area contributed by atoms with Crippen molar-refractivity contribution >= 4 is 38.7 Å². The van der Waals surface area contributed by atoms with Crippen LogP contribution in [0.3, 0.4) is 0 Å². The standard InChI is InChI=1S/C25H29FN6O6S/c1-38-13-14-39(36,37)29-24(33)19-15-20(30-9-11-31(12-10-30)25(34)35)21-22(16-3-2-4-16)28-32(23(21)27-19)18-7-5-17(26)6-8-18/h5-8,15-16H,2-4,9-14H2,1H3,(H,29,33)(H,34,35). The molecule has 1 aliphatic carbocycles. The predicted octanol–water partition coefficient (Wildman–Crippen LogP) is 2.33. The van der Waals surface area contributed by atoms with E-state index in [4.69, 9.17) is 9.84 Å². The smallest absolute Gasteiger partial charge is 0.407 e. The molecule has 3 heterocycles. The molecule has 2 N–H and O–H groups in total. The molecule has 1 aromatic carbocycles. The van der Waals surface area contributed by atoms with Gasteiger partial charge in [-0.1, -0.05) is 6.42 Å². The van der Waals surface area contributed by atoms with Gasteiger partial charge in [-0.25, -0.2) is 32.0 Å². The van der Waals surface area contributed by atoms with Crippen LogP contribution in [0.4, 0.5) is 14.9 Å². The second kappa shape index (κ2) is 10.8. The minimum absolute atomic E-state index is 0.0870. The zero-order valence-electron chi connectivity index (χ0n) is 21.3. The van der Waals surface area contributed by atoms with Gasteiger partial charge in [0.1, 0.15) is 11.5 Å². The van der Waals surface area contributed by atoms with Crippen molar-refractivity contribution in [2.75, 3.05) is 50.5 Å². The Morgan fingerprint density at radius 3 is 2.44 bits per heavy atom. The number of carbonyl (C=O) groups excluding carboxylic acids is 1. The van der Waals surface area contributed by atoms with Crippen LogP contribution in [0.15, 0.2) is 30.3 Å². The zero-order chi connectivity index (χ0) is 27.7. The summed E-state index contributed by atoms with van der Waals surface area (Å²) in [5.41, 5.74) is 2.15. The number of pyridine rings is 1. The molecule has 14 heteroatoms. The molecular formula is C25H29FN6O6S. The highest BCUT2D eigenvalue weighted by molar-refractivity contribution is 7.90. The van der Waals surface area contributed by atoms with E-state index in [0.717, 1.165) is 25.0 Å². The Hall–Kier alpha value is -3.78. The quantitative estimate of drug-likeness (QED) is 0.424. The summed E-state index contributed by atoms with van der Waals surface area (Å²) in [6.45, 7) is 1.17. The van der Waals surface area contributed by atoms with Crippen LogP contribution in [-0.4, -0.2) is 90.8 Å². The van der Waals surface area contributed by atoms with Crippen LogP contribution in [0.25, 0.3) is 16.7 Å². The molecule has 1 saturated heterocycles. The summed E-state index contributed by atoms with van der Waals surface area (Å²) in [6, 6.07) is 7.26. The third kappa shape index (κ3) is 5.52. The highest BCUT2D eigenvalue weighted by atomic mass is 32.2. The van der Waals surface area contributed by atoms with Gasteiger partial charge in [0.15, 0.2) is 5.65 Å². The van der Waals surface area contributed by atoms with E-state index in [1.807, 2.05) is 9.62 Å². The van der Waals surface area contributed by atoms with Gasteiger partial charge in [0.25, 0.3) is 5.91 Å². The summed E-state index contributed by atoms with van der Waals surface area (Å²) in [7, 11) is -2.62. The van der Waals surface area contributed by atoms with E-state index in [0.29, 0.717) is 35.5 Å². The molecule has 39 heavy (non-hydrogen) atoms. The van der Waals surface area contributed by atoms with E-state index >= 15 is 0 Å². The monoisotopic (exact) mass is 560 g/mol. The molecular weight excluding hydrogens is 531 g/mol. The maximum Gasteiger partial charge on any atom is 0.407 e. The Bertz CT molecular complexity index is 1500. The number of anilines is 1. The molecule has 1 aliphatic heterocycles. The fraction of sp³-hybridized carbons (Fsp3) is 0.440. The first-order valence-corrected chi connectivity index (χ1v) is 14.3. The van der Waals surface area contributed by atoms with E-state index in [1.165, 1.54) is 24.1 Å². The van der Waals surface area contributed by atoms with Crippen LogP contribution in [0.5, 0.6) is 0 Å². The van der Waals surface area contributed by atoms with Gasteiger partial charge in [0.05, 0.1) is 34.8 Å². The van der Waals surface area contributed by atoms with E-state index in [-0.39, 0.29) is 31.3 Å². The fourth-order valence-corrected chi connectivity index (χ4v) is 5.67. The van der Waals surface area contributed by atoms with Gasteiger partial charge in [0.2, 0.25) is 10.0 Å². The number of halogens is 1. The number of carboxylic acid groups (broad SMARTS) is 1.